The summed E-state index contributed by atoms with van der Waals surface area (Å²) in [5.41, 5.74) is 4.66. The van der Waals surface area contributed by atoms with Crippen LogP contribution in [0.25, 0.3) is 5.69 Å². The van der Waals surface area contributed by atoms with Crippen LogP contribution >= 0.6 is 0 Å². The smallest absolute Gasteiger partial charge is 0.272 e. The van der Waals surface area contributed by atoms with Gasteiger partial charge in [-0.25, -0.2) is 4.68 Å². The van der Waals surface area contributed by atoms with Gasteiger partial charge < -0.3 is 14.5 Å². The number of aryl methyl sites for hydroxylation is 2. The van der Waals surface area contributed by atoms with Crippen molar-refractivity contribution >= 4 is 11.6 Å². The minimum absolute atomic E-state index is 0.0245. The van der Waals surface area contributed by atoms with Gasteiger partial charge in [-0.2, -0.15) is 5.10 Å². The summed E-state index contributed by atoms with van der Waals surface area (Å²) < 4.78 is 7.08. The number of piperazine rings is 1. The second-order valence-electron chi connectivity index (χ2n) is 7.40. The lowest BCUT2D eigenvalue weighted by Crippen LogP contribution is -2.49. The minimum atomic E-state index is 0.0245. The maximum absolute atomic E-state index is 13.2. The Hall–Kier alpha value is -3.28. The molecular weight excluding hydrogens is 364 g/mol. The van der Waals surface area contributed by atoms with Crippen molar-refractivity contribution in [2.45, 2.75) is 13.8 Å². The number of carbonyl (C=O) groups is 1. The van der Waals surface area contributed by atoms with E-state index in [9.17, 15) is 4.79 Å². The van der Waals surface area contributed by atoms with Crippen molar-refractivity contribution in [1.82, 2.24) is 14.7 Å². The van der Waals surface area contributed by atoms with Crippen LogP contribution in [0.5, 0.6) is 5.75 Å². The normalized spacial score (nSPS) is 14.2. The first-order chi connectivity index (χ1) is 14.0. The Morgan fingerprint density at radius 3 is 2.34 bits per heavy atom. The van der Waals surface area contributed by atoms with Crippen LogP contribution in [0.2, 0.25) is 0 Å². The molecule has 0 atom stereocenters. The van der Waals surface area contributed by atoms with E-state index in [2.05, 4.69) is 16.1 Å². The lowest BCUT2D eigenvalue weighted by Gasteiger charge is -2.36. The van der Waals surface area contributed by atoms with Gasteiger partial charge in [0.15, 0.2) is 0 Å². The summed E-state index contributed by atoms with van der Waals surface area (Å²) in [5, 5.41) is 4.55. The van der Waals surface area contributed by atoms with Crippen LogP contribution in [0.15, 0.2) is 54.6 Å². The van der Waals surface area contributed by atoms with E-state index >= 15 is 0 Å². The van der Waals surface area contributed by atoms with Crippen LogP contribution in [0.1, 0.15) is 21.7 Å². The molecule has 1 aromatic heterocycles. The van der Waals surface area contributed by atoms with Crippen molar-refractivity contribution in [2.24, 2.45) is 0 Å². The van der Waals surface area contributed by atoms with Crippen LogP contribution < -0.4 is 9.64 Å². The van der Waals surface area contributed by atoms with Crippen molar-refractivity contribution in [2.75, 3.05) is 38.2 Å². The molecule has 1 aliphatic heterocycles. The number of aromatic nitrogens is 2. The number of hydrogen-bond donors (Lipinski definition) is 0. The molecule has 1 amide bonds. The van der Waals surface area contributed by atoms with E-state index in [-0.39, 0.29) is 5.91 Å². The molecule has 0 saturated carbocycles. The summed E-state index contributed by atoms with van der Waals surface area (Å²) in [5.74, 6) is 0.870. The van der Waals surface area contributed by atoms with Gasteiger partial charge in [0.25, 0.3) is 5.91 Å². The summed E-state index contributed by atoms with van der Waals surface area (Å²) in [6, 6.07) is 18.0. The van der Waals surface area contributed by atoms with E-state index in [0.29, 0.717) is 18.8 Å². The summed E-state index contributed by atoms with van der Waals surface area (Å²) in [6.45, 7) is 6.89. The fourth-order valence-corrected chi connectivity index (χ4v) is 3.67. The molecule has 1 fully saturated rings. The standard InChI is InChI=1S/C23H26N4O2/c1-17-7-9-19(10-8-17)27-22(15-18(2)24-27)23(28)26-13-11-25(12-14-26)20-5-4-6-21(16-20)29-3/h4-10,15-16H,11-14H2,1-3H3. The van der Waals surface area contributed by atoms with Crippen molar-refractivity contribution in [3.63, 3.8) is 0 Å². The summed E-state index contributed by atoms with van der Waals surface area (Å²) in [6.07, 6.45) is 0. The van der Waals surface area contributed by atoms with E-state index in [0.717, 1.165) is 35.9 Å². The van der Waals surface area contributed by atoms with Crippen LogP contribution in [0, 0.1) is 13.8 Å². The average Bonchev–Trinajstić information content (AvgIpc) is 3.15. The van der Waals surface area contributed by atoms with E-state index in [1.54, 1.807) is 11.8 Å². The molecule has 0 unspecified atom stereocenters. The molecule has 0 spiro atoms. The number of anilines is 1. The predicted molar refractivity (Wildman–Crippen MR) is 114 cm³/mol. The molecule has 6 heteroatoms. The molecular formula is C23H26N4O2. The first kappa shape index (κ1) is 19.1. The van der Waals surface area contributed by atoms with Crippen molar-refractivity contribution in [1.29, 1.82) is 0 Å². The lowest BCUT2D eigenvalue weighted by atomic mass is 10.2. The number of hydrogen-bond acceptors (Lipinski definition) is 4. The first-order valence-electron chi connectivity index (χ1n) is 9.87. The molecule has 3 aromatic rings. The highest BCUT2D eigenvalue weighted by Gasteiger charge is 2.25. The second-order valence-corrected chi connectivity index (χ2v) is 7.40. The number of methoxy groups -OCH3 is 1. The van der Waals surface area contributed by atoms with Crippen molar-refractivity contribution in [3.8, 4) is 11.4 Å². The van der Waals surface area contributed by atoms with Gasteiger partial charge in [0.1, 0.15) is 11.4 Å². The zero-order valence-electron chi connectivity index (χ0n) is 17.1. The Labute approximate surface area is 171 Å². The minimum Gasteiger partial charge on any atom is -0.497 e. The third kappa shape index (κ3) is 3.97. The Balaban J connectivity index is 1.49. The van der Waals surface area contributed by atoms with Gasteiger partial charge in [-0.3, -0.25) is 4.79 Å². The van der Waals surface area contributed by atoms with Gasteiger partial charge in [-0.1, -0.05) is 23.8 Å². The molecule has 1 saturated heterocycles. The molecule has 2 heterocycles. The maximum atomic E-state index is 13.2. The number of carbonyl (C=O) groups excluding carboxylic acids is 1. The SMILES string of the molecule is COc1cccc(N2CCN(C(=O)c3cc(C)nn3-c3ccc(C)cc3)CC2)c1. The van der Waals surface area contributed by atoms with Crippen LogP contribution in [-0.4, -0.2) is 53.9 Å². The van der Waals surface area contributed by atoms with Crippen LogP contribution in [-0.2, 0) is 0 Å². The number of benzene rings is 2. The number of ether oxygens (including phenoxy) is 1. The van der Waals surface area contributed by atoms with Gasteiger partial charge >= 0.3 is 0 Å². The fraction of sp³-hybridized carbons (Fsp3) is 0.304. The molecule has 0 N–H and O–H groups in total. The van der Waals surface area contributed by atoms with E-state index in [1.165, 1.54) is 5.56 Å². The number of rotatable bonds is 4. The number of nitrogens with zero attached hydrogens (tertiary/aromatic N) is 4. The maximum Gasteiger partial charge on any atom is 0.272 e. The highest BCUT2D eigenvalue weighted by Crippen LogP contribution is 2.23. The highest BCUT2D eigenvalue weighted by atomic mass is 16.5. The summed E-state index contributed by atoms with van der Waals surface area (Å²) in [7, 11) is 1.68. The van der Waals surface area contributed by atoms with Crippen molar-refractivity contribution < 1.29 is 9.53 Å². The van der Waals surface area contributed by atoms with Gasteiger partial charge in [0.05, 0.1) is 18.5 Å². The molecule has 1 aliphatic rings. The number of amides is 1. The Kier molecular flexibility index (Phi) is 5.25. The zero-order chi connectivity index (χ0) is 20.4. The van der Waals surface area contributed by atoms with Crippen LogP contribution in [0.3, 0.4) is 0 Å². The largest absolute Gasteiger partial charge is 0.497 e. The van der Waals surface area contributed by atoms with Crippen LogP contribution in [0.4, 0.5) is 5.69 Å². The third-order valence-corrected chi connectivity index (χ3v) is 5.31. The van der Waals surface area contributed by atoms with E-state index in [1.807, 2.05) is 67.3 Å². The lowest BCUT2D eigenvalue weighted by molar-refractivity contribution is 0.0737. The summed E-state index contributed by atoms with van der Waals surface area (Å²) >= 11 is 0. The second kappa shape index (κ2) is 7.99. The molecule has 2 aromatic carbocycles. The molecule has 0 aliphatic carbocycles. The quantitative estimate of drug-likeness (QED) is 0.685. The van der Waals surface area contributed by atoms with Crippen molar-refractivity contribution in [3.05, 3.63) is 71.5 Å². The molecule has 6 nitrogen and oxygen atoms in total. The Bertz CT molecular complexity index is 1000. The Morgan fingerprint density at radius 2 is 1.66 bits per heavy atom. The Morgan fingerprint density at radius 1 is 0.931 bits per heavy atom. The van der Waals surface area contributed by atoms with E-state index in [4.69, 9.17) is 4.74 Å². The van der Waals surface area contributed by atoms with Gasteiger partial charge in [-0.05, 0) is 44.2 Å². The van der Waals surface area contributed by atoms with E-state index < -0.39 is 0 Å². The monoisotopic (exact) mass is 390 g/mol. The zero-order valence-corrected chi connectivity index (χ0v) is 17.1. The molecule has 0 bridgehead atoms. The first-order valence-corrected chi connectivity index (χ1v) is 9.87. The summed E-state index contributed by atoms with van der Waals surface area (Å²) in [4.78, 5) is 17.4. The highest BCUT2D eigenvalue weighted by molar-refractivity contribution is 5.93. The molecule has 150 valence electrons. The molecule has 29 heavy (non-hydrogen) atoms. The third-order valence-electron chi connectivity index (χ3n) is 5.31. The average molecular weight is 390 g/mol. The van der Waals surface area contributed by atoms with Gasteiger partial charge in [0, 0.05) is 37.9 Å². The molecule has 0 radical (unpaired) electrons. The fourth-order valence-electron chi connectivity index (χ4n) is 3.67. The topological polar surface area (TPSA) is 50.6 Å². The van der Waals surface area contributed by atoms with Gasteiger partial charge in [-0.15, -0.1) is 0 Å². The van der Waals surface area contributed by atoms with Gasteiger partial charge in [0.2, 0.25) is 0 Å². The predicted octanol–water partition coefficient (Wildman–Crippen LogP) is 3.46. The molecule has 4 rings (SSSR count).